The van der Waals surface area contributed by atoms with Crippen molar-refractivity contribution in [3.63, 3.8) is 0 Å². The first-order chi connectivity index (χ1) is 1.73. The zero-order valence-electron chi connectivity index (χ0n) is 1.71. The molecule has 0 saturated heterocycles. The molecule has 0 atom stereocenters. The number of rotatable bonds is 0. The first-order valence-electron chi connectivity index (χ1n) is 0.655. The molecule has 0 heterocycles. The quantitative estimate of drug-likeness (QED) is 0.445. The van der Waals surface area contributed by atoms with Crippen molar-refractivity contribution in [2.24, 2.45) is 0 Å². The summed E-state index contributed by atoms with van der Waals surface area (Å²) in [4.78, 5) is 0. The Morgan fingerprint density at radius 1 is 1.00 bits per heavy atom. The van der Waals surface area contributed by atoms with E-state index in [0.29, 0.717) is 0 Å². The summed E-state index contributed by atoms with van der Waals surface area (Å²) < 4.78 is 0. The van der Waals surface area contributed by atoms with Gasteiger partial charge in [0.1, 0.15) is 0 Å². The molecular formula is H4Al2Cl3Li. The monoisotopic (exact) mass is 170 g/mol. The molecule has 0 aliphatic rings. The molecule has 0 aromatic heterocycles. The molecule has 0 saturated carbocycles. The Kier molecular flexibility index (Phi) is 27.7. The van der Waals surface area contributed by atoms with Crippen molar-refractivity contribution in [1.82, 2.24) is 0 Å². The van der Waals surface area contributed by atoms with Crippen molar-refractivity contribution in [3.05, 3.63) is 0 Å². The number of halogens is 3. The molecule has 0 fully saturated rings. The van der Waals surface area contributed by atoms with Crippen molar-refractivity contribution >= 4 is 77.8 Å². The molecule has 0 amide bonds. The van der Waals surface area contributed by atoms with Crippen LogP contribution in [0, 0.1) is 0 Å². The minimum absolute atomic E-state index is 0. The summed E-state index contributed by atoms with van der Waals surface area (Å²) in [6, 6.07) is 0. The van der Waals surface area contributed by atoms with Gasteiger partial charge in [-0.15, -0.1) is 0 Å². The predicted octanol–water partition coefficient (Wildman–Crippen LogP) is -0.145. The van der Waals surface area contributed by atoms with Crippen LogP contribution in [0.2, 0.25) is 0 Å². The summed E-state index contributed by atoms with van der Waals surface area (Å²) in [5, 5.41) is 0. The molecule has 0 nitrogen and oxygen atoms in total. The SMILES string of the molecule is [AlH3].[Cl][Al]([Cl])[Cl].[LiH]. The fourth-order valence-corrected chi connectivity index (χ4v) is 0. The van der Waals surface area contributed by atoms with Gasteiger partial charge in [0.05, 0.1) is 0 Å². The van der Waals surface area contributed by atoms with Gasteiger partial charge in [-0.05, 0) is 0 Å². The second-order valence-corrected chi connectivity index (χ2v) is 6.68. The Bertz CT molecular complexity index is 13.5. The standard InChI is InChI=1S/2Al.3ClH.Li.4H/h;;3*1H;;;;;/q;+3;;;;;;;;/p-3. The third kappa shape index (κ3) is 31.2. The van der Waals surface area contributed by atoms with E-state index in [1.165, 1.54) is 0 Å². The van der Waals surface area contributed by atoms with Gasteiger partial charge in [-0.2, -0.15) is 0 Å². The number of hydrogen-bond acceptors (Lipinski definition) is 0. The second-order valence-electron chi connectivity index (χ2n) is 0.247. The van der Waals surface area contributed by atoms with Crippen LogP contribution in [-0.4, -0.2) is 47.6 Å². The average Bonchev–Trinajstić information content (AvgIpc) is 0.811. The zero-order chi connectivity index (χ0) is 3.58. The maximum atomic E-state index is 4.94. The Balaban J connectivity index is -0.0000000450. The second kappa shape index (κ2) is 10.5. The molecule has 0 aromatic rings. The molecule has 0 unspecified atom stereocenters. The third-order valence-corrected chi connectivity index (χ3v) is 0. The van der Waals surface area contributed by atoms with Crippen LogP contribution < -0.4 is 0 Å². The molecule has 0 bridgehead atoms. The van der Waals surface area contributed by atoms with Crippen LogP contribution in [0.1, 0.15) is 0 Å². The fourth-order valence-electron chi connectivity index (χ4n) is 0. The molecule has 0 rings (SSSR count). The van der Waals surface area contributed by atoms with Crippen LogP contribution in [0.3, 0.4) is 0 Å². The molecule has 0 aliphatic heterocycles. The Hall–Kier alpha value is 2.53. The molecule has 0 aromatic carbocycles. The van der Waals surface area contributed by atoms with E-state index in [2.05, 4.69) is 0 Å². The summed E-state index contributed by atoms with van der Waals surface area (Å²) in [6.45, 7) is 0. The summed E-state index contributed by atoms with van der Waals surface area (Å²) in [7, 11) is 14.8. The molecule has 0 N–H and O–H groups in total. The van der Waals surface area contributed by atoms with E-state index in [1.807, 2.05) is 0 Å². The van der Waals surface area contributed by atoms with Gasteiger partial charge in [0.15, 0.2) is 17.4 Å². The molecule has 6 heavy (non-hydrogen) atoms. The van der Waals surface area contributed by atoms with E-state index < -0.39 is 11.4 Å². The minimum atomic E-state index is -1.72. The topological polar surface area (TPSA) is 0 Å². The Labute approximate surface area is 76.8 Å². The van der Waals surface area contributed by atoms with Gasteiger partial charge in [0.25, 0.3) is 0 Å². The van der Waals surface area contributed by atoms with Gasteiger partial charge < -0.3 is 0 Å². The molecule has 6 heteroatoms. The molecule has 32 valence electrons. The molecular weight excluding hydrogens is 167 g/mol. The van der Waals surface area contributed by atoms with Crippen molar-refractivity contribution in [2.45, 2.75) is 0 Å². The summed E-state index contributed by atoms with van der Waals surface area (Å²) in [5.41, 5.74) is 0. The van der Waals surface area contributed by atoms with Gasteiger partial charge in [0, 0.05) is 0 Å². The van der Waals surface area contributed by atoms with Crippen molar-refractivity contribution in [1.29, 1.82) is 0 Å². The maximum absolute atomic E-state index is 4.94. The van der Waals surface area contributed by atoms with Crippen LogP contribution in [0.4, 0.5) is 0 Å². The van der Waals surface area contributed by atoms with E-state index in [-0.39, 0.29) is 36.2 Å². The molecule has 0 aliphatic carbocycles. The molecule has 0 spiro atoms. The average molecular weight is 171 g/mol. The normalized spacial score (nSPS) is 4.50. The van der Waals surface area contributed by atoms with Crippen LogP contribution in [0.15, 0.2) is 0 Å². The van der Waals surface area contributed by atoms with Crippen molar-refractivity contribution in [2.75, 3.05) is 0 Å². The van der Waals surface area contributed by atoms with E-state index in [4.69, 9.17) is 30.1 Å². The van der Waals surface area contributed by atoms with Crippen LogP contribution >= 0.6 is 30.1 Å². The van der Waals surface area contributed by atoms with Gasteiger partial charge >= 0.3 is 30.2 Å². The van der Waals surface area contributed by atoms with Crippen molar-refractivity contribution < 1.29 is 0 Å². The first kappa shape index (κ1) is 15.8. The zero-order valence-corrected chi connectivity index (χ0v) is 5.13. The predicted molar refractivity (Wildman–Crippen MR) is 40.4 cm³/mol. The number of hydrogen-bond donors (Lipinski definition) is 0. The summed E-state index contributed by atoms with van der Waals surface area (Å²) >= 11 is -1.72. The van der Waals surface area contributed by atoms with Gasteiger partial charge in [-0.3, -0.25) is 0 Å². The van der Waals surface area contributed by atoms with Gasteiger partial charge in [-0.1, -0.05) is 0 Å². The molecule has 0 radical (unpaired) electrons. The fraction of sp³-hybridized carbons (Fsp3) is 0. The van der Waals surface area contributed by atoms with E-state index >= 15 is 0 Å². The summed E-state index contributed by atoms with van der Waals surface area (Å²) in [6.07, 6.45) is 0. The van der Waals surface area contributed by atoms with Crippen molar-refractivity contribution in [3.8, 4) is 0 Å². The van der Waals surface area contributed by atoms with Crippen LogP contribution in [0.25, 0.3) is 0 Å². The summed E-state index contributed by atoms with van der Waals surface area (Å²) in [5.74, 6) is 0. The van der Waals surface area contributed by atoms with Crippen LogP contribution in [-0.2, 0) is 0 Å². The van der Waals surface area contributed by atoms with Gasteiger partial charge in [0.2, 0.25) is 0 Å². The van der Waals surface area contributed by atoms with E-state index in [9.17, 15) is 0 Å². The Morgan fingerprint density at radius 3 is 1.00 bits per heavy atom. The first-order valence-corrected chi connectivity index (χ1v) is 5.89. The van der Waals surface area contributed by atoms with E-state index in [0.717, 1.165) is 0 Å². The Morgan fingerprint density at radius 2 is 1.00 bits per heavy atom. The van der Waals surface area contributed by atoms with Crippen LogP contribution in [0.5, 0.6) is 0 Å². The third-order valence-electron chi connectivity index (χ3n) is 0. The van der Waals surface area contributed by atoms with Gasteiger partial charge in [-0.25, -0.2) is 30.1 Å². The van der Waals surface area contributed by atoms with E-state index in [1.54, 1.807) is 0 Å².